The highest BCUT2D eigenvalue weighted by molar-refractivity contribution is 5.80. The van der Waals surface area contributed by atoms with Crippen LogP contribution in [0.3, 0.4) is 0 Å². The summed E-state index contributed by atoms with van der Waals surface area (Å²) in [6, 6.07) is 6.27. The van der Waals surface area contributed by atoms with Crippen molar-refractivity contribution in [1.82, 2.24) is 0 Å². The zero-order valence-electron chi connectivity index (χ0n) is 9.55. The van der Waals surface area contributed by atoms with E-state index in [4.69, 9.17) is 5.73 Å². The van der Waals surface area contributed by atoms with E-state index in [2.05, 4.69) is 32.0 Å². The number of Topliss-reactive ketones (excluding diaryl/α,β-unsaturated/α-hetero) is 1. The summed E-state index contributed by atoms with van der Waals surface area (Å²) in [7, 11) is 0. The Morgan fingerprint density at radius 3 is 2.33 bits per heavy atom. The molecule has 0 spiro atoms. The number of nitrogens with two attached hydrogens (primary N) is 1. The van der Waals surface area contributed by atoms with E-state index in [9.17, 15) is 4.79 Å². The number of rotatable bonds is 5. The van der Waals surface area contributed by atoms with Crippen molar-refractivity contribution in [2.24, 2.45) is 5.73 Å². The van der Waals surface area contributed by atoms with Crippen LogP contribution in [-0.4, -0.2) is 12.3 Å². The fourth-order valence-electron chi connectivity index (χ4n) is 1.79. The summed E-state index contributed by atoms with van der Waals surface area (Å²) >= 11 is 0. The van der Waals surface area contributed by atoms with Gasteiger partial charge in [-0.2, -0.15) is 0 Å². The van der Waals surface area contributed by atoms with Gasteiger partial charge in [-0.1, -0.05) is 29.3 Å². The van der Waals surface area contributed by atoms with Crippen molar-refractivity contribution < 1.29 is 4.79 Å². The Bertz CT molecular complexity index is 324. The number of carbonyl (C=O) groups excluding carboxylic acids is 1. The number of carbonyl (C=O) groups is 1. The Morgan fingerprint density at radius 1 is 1.20 bits per heavy atom. The van der Waals surface area contributed by atoms with E-state index in [1.165, 1.54) is 11.1 Å². The molecule has 0 fully saturated rings. The zero-order chi connectivity index (χ0) is 11.3. The van der Waals surface area contributed by atoms with Gasteiger partial charge in [0.1, 0.15) is 5.78 Å². The first-order valence-electron chi connectivity index (χ1n) is 5.41. The molecule has 0 heterocycles. The van der Waals surface area contributed by atoms with Crippen molar-refractivity contribution in [1.29, 1.82) is 0 Å². The Morgan fingerprint density at radius 2 is 1.80 bits per heavy atom. The highest BCUT2D eigenvalue weighted by Gasteiger charge is 2.04. The van der Waals surface area contributed by atoms with Crippen LogP contribution in [-0.2, 0) is 11.2 Å². The molecular weight excluding hydrogens is 186 g/mol. The third-order valence-corrected chi connectivity index (χ3v) is 2.34. The Hall–Kier alpha value is -1.15. The Balaban J connectivity index is 2.60. The van der Waals surface area contributed by atoms with Crippen molar-refractivity contribution in [3.05, 3.63) is 34.9 Å². The van der Waals surface area contributed by atoms with Gasteiger partial charge >= 0.3 is 0 Å². The van der Waals surface area contributed by atoms with Crippen LogP contribution in [0.5, 0.6) is 0 Å². The van der Waals surface area contributed by atoms with Gasteiger partial charge in [0.15, 0.2) is 0 Å². The molecule has 0 aliphatic heterocycles. The molecule has 0 atom stereocenters. The third kappa shape index (κ3) is 4.26. The summed E-state index contributed by atoms with van der Waals surface area (Å²) in [6.45, 7) is 4.71. The maximum absolute atomic E-state index is 11.5. The van der Waals surface area contributed by atoms with Crippen molar-refractivity contribution in [2.45, 2.75) is 33.1 Å². The molecule has 1 aromatic carbocycles. The Labute approximate surface area is 91.5 Å². The molecule has 0 saturated carbocycles. The lowest BCUT2D eigenvalue weighted by atomic mass is 10.0. The molecule has 2 heteroatoms. The van der Waals surface area contributed by atoms with Gasteiger partial charge in [-0.15, -0.1) is 0 Å². The molecule has 82 valence electrons. The summed E-state index contributed by atoms with van der Waals surface area (Å²) in [4.78, 5) is 11.5. The zero-order valence-corrected chi connectivity index (χ0v) is 9.55. The average Bonchev–Trinajstić information content (AvgIpc) is 2.13. The third-order valence-electron chi connectivity index (χ3n) is 2.34. The minimum absolute atomic E-state index is 0.283. The highest BCUT2D eigenvalue weighted by atomic mass is 16.1. The first kappa shape index (κ1) is 11.9. The smallest absolute Gasteiger partial charge is 0.137 e. The van der Waals surface area contributed by atoms with Gasteiger partial charge in [0.2, 0.25) is 0 Å². The number of benzene rings is 1. The van der Waals surface area contributed by atoms with E-state index < -0.39 is 0 Å². The standard InChI is InChI=1S/C13H19NO/c1-10-6-11(2)8-12(7-10)9-13(15)4-3-5-14/h6-8H,3-5,9,14H2,1-2H3. The Kier molecular flexibility index (Phi) is 4.50. The normalized spacial score (nSPS) is 10.3. The van der Waals surface area contributed by atoms with E-state index in [0.717, 1.165) is 12.0 Å². The van der Waals surface area contributed by atoms with Gasteiger partial charge < -0.3 is 5.73 Å². The maximum Gasteiger partial charge on any atom is 0.137 e. The monoisotopic (exact) mass is 205 g/mol. The van der Waals surface area contributed by atoms with E-state index in [0.29, 0.717) is 19.4 Å². The largest absolute Gasteiger partial charge is 0.330 e. The minimum Gasteiger partial charge on any atom is -0.330 e. The quantitative estimate of drug-likeness (QED) is 0.800. The summed E-state index contributed by atoms with van der Waals surface area (Å²) in [5, 5.41) is 0. The van der Waals surface area contributed by atoms with Crippen LogP contribution in [0.2, 0.25) is 0 Å². The molecule has 0 amide bonds. The van der Waals surface area contributed by atoms with E-state index in [1.807, 2.05) is 0 Å². The van der Waals surface area contributed by atoms with Crippen LogP contribution >= 0.6 is 0 Å². The van der Waals surface area contributed by atoms with Crippen LogP contribution in [0.4, 0.5) is 0 Å². The van der Waals surface area contributed by atoms with Crippen LogP contribution in [0.1, 0.15) is 29.5 Å². The summed E-state index contributed by atoms with van der Waals surface area (Å²) in [5.74, 6) is 0.283. The van der Waals surface area contributed by atoms with Gasteiger partial charge in [-0.05, 0) is 32.4 Å². The molecular formula is C13H19NO. The van der Waals surface area contributed by atoms with Crippen LogP contribution in [0.15, 0.2) is 18.2 Å². The molecule has 0 unspecified atom stereocenters. The van der Waals surface area contributed by atoms with Crippen molar-refractivity contribution in [3.63, 3.8) is 0 Å². The molecule has 0 saturated heterocycles. The molecule has 0 aromatic heterocycles. The molecule has 15 heavy (non-hydrogen) atoms. The lowest BCUT2D eigenvalue weighted by Gasteiger charge is -2.04. The van der Waals surface area contributed by atoms with Gasteiger partial charge in [-0.3, -0.25) is 4.79 Å². The van der Waals surface area contributed by atoms with Crippen LogP contribution < -0.4 is 5.73 Å². The maximum atomic E-state index is 11.5. The molecule has 0 aliphatic carbocycles. The van der Waals surface area contributed by atoms with Crippen molar-refractivity contribution in [2.75, 3.05) is 6.54 Å². The van der Waals surface area contributed by atoms with Crippen LogP contribution in [0, 0.1) is 13.8 Å². The summed E-state index contributed by atoms with van der Waals surface area (Å²) in [5.41, 5.74) is 8.92. The van der Waals surface area contributed by atoms with E-state index >= 15 is 0 Å². The SMILES string of the molecule is Cc1cc(C)cc(CC(=O)CCCN)c1. The number of ketones is 1. The molecule has 0 radical (unpaired) electrons. The summed E-state index contributed by atoms with van der Waals surface area (Å²) < 4.78 is 0. The number of hydrogen-bond donors (Lipinski definition) is 1. The summed E-state index contributed by atoms with van der Waals surface area (Å²) in [6.07, 6.45) is 1.94. The minimum atomic E-state index is 0.283. The van der Waals surface area contributed by atoms with Gasteiger partial charge in [-0.25, -0.2) is 0 Å². The highest BCUT2D eigenvalue weighted by Crippen LogP contribution is 2.10. The molecule has 0 aliphatic rings. The lowest BCUT2D eigenvalue weighted by molar-refractivity contribution is -0.118. The predicted molar refractivity (Wildman–Crippen MR) is 62.9 cm³/mol. The second-order valence-corrected chi connectivity index (χ2v) is 4.10. The average molecular weight is 205 g/mol. The fourth-order valence-corrected chi connectivity index (χ4v) is 1.79. The number of aryl methyl sites for hydroxylation is 2. The second-order valence-electron chi connectivity index (χ2n) is 4.10. The fraction of sp³-hybridized carbons (Fsp3) is 0.462. The van der Waals surface area contributed by atoms with E-state index in [1.54, 1.807) is 0 Å². The second kappa shape index (κ2) is 5.66. The molecule has 1 rings (SSSR count). The van der Waals surface area contributed by atoms with Crippen LogP contribution in [0.25, 0.3) is 0 Å². The molecule has 1 aromatic rings. The molecule has 0 bridgehead atoms. The lowest BCUT2D eigenvalue weighted by Crippen LogP contribution is -2.07. The van der Waals surface area contributed by atoms with Gasteiger partial charge in [0, 0.05) is 12.8 Å². The molecule has 2 N–H and O–H groups in total. The van der Waals surface area contributed by atoms with Crippen molar-refractivity contribution in [3.8, 4) is 0 Å². The topological polar surface area (TPSA) is 43.1 Å². The number of hydrogen-bond acceptors (Lipinski definition) is 2. The van der Waals surface area contributed by atoms with E-state index in [-0.39, 0.29) is 5.78 Å². The van der Waals surface area contributed by atoms with Gasteiger partial charge in [0.25, 0.3) is 0 Å². The first-order valence-corrected chi connectivity index (χ1v) is 5.41. The predicted octanol–water partition coefficient (Wildman–Crippen LogP) is 2.15. The molecule has 2 nitrogen and oxygen atoms in total. The van der Waals surface area contributed by atoms with Crippen molar-refractivity contribution >= 4 is 5.78 Å². The first-order chi connectivity index (χ1) is 7.11. The van der Waals surface area contributed by atoms with Gasteiger partial charge in [0.05, 0.1) is 0 Å².